The summed E-state index contributed by atoms with van der Waals surface area (Å²) >= 11 is 0. The summed E-state index contributed by atoms with van der Waals surface area (Å²) in [6.45, 7) is 9.13. The van der Waals surface area contributed by atoms with E-state index < -0.39 is 6.10 Å². The Balaban J connectivity index is 4.28. The molecule has 0 amide bonds. The first kappa shape index (κ1) is 70.4. The molecular formula is C66H128O6. The van der Waals surface area contributed by atoms with E-state index in [1.165, 1.54) is 276 Å². The van der Waals surface area contributed by atoms with Crippen molar-refractivity contribution in [3.05, 3.63) is 0 Å². The molecule has 0 aromatic rings. The van der Waals surface area contributed by atoms with Crippen LogP contribution >= 0.6 is 0 Å². The molecule has 0 aromatic heterocycles. The van der Waals surface area contributed by atoms with Crippen molar-refractivity contribution in [1.82, 2.24) is 0 Å². The molecule has 0 aliphatic carbocycles. The molecule has 0 aliphatic heterocycles. The molecule has 0 radical (unpaired) electrons. The molecule has 72 heavy (non-hydrogen) atoms. The van der Waals surface area contributed by atoms with E-state index in [0.717, 1.165) is 63.7 Å². The second-order valence-electron chi connectivity index (χ2n) is 23.0. The summed E-state index contributed by atoms with van der Waals surface area (Å²) in [4.78, 5) is 38.4. The van der Waals surface area contributed by atoms with Crippen molar-refractivity contribution in [3.63, 3.8) is 0 Å². The number of hydrogen-bond acceptors (Lipinski definition) is 6. The number of carbonyl (C=O) groups is 3. The van der Waals surface area contributed by atoms with Crippen LogP contribution in [0.2, 0.25) is 0 Å². The Hall–Kier alpha value is -1.59. The molecule has 0 fully saturated rings. The Morgan fingerprint density at radius 2 is 0.486 bits per heavy atom. The zero-order chi connectivity index (χ0) is 52.3. The second-order valence-corrected chi connectivity index (χ2v) is 23.0. The predicted octanol–water partition coefficient (Wildman–Crippen LogP) is 22.1. The van der Waals surface area contributed by atoms with E-state index in [-0.39, 0.29) is 31.1 Å². The molecule has 6 heteroatoms. The van der Waals surface area contributed by atoms with Gasteiger partial charge in [-0.25, -0.2) is 0 Å². The van der Waals surface area contributed by atoms with E-state index in [2.05, 4.69) is 27.7 Å². The minimum atomic E-state index is -0.763. The van der Waals surface area contributed by atoms with Crippen molar-refractivity contribution in [2.24, 2.45) is 5.92 Å². The van der Waals surface area contributed by atoms with Crippen LogP contribution in [0.4, 0.5) is 0 Å². The maximum atomic E-state index is 12.9. The molecule has 2 atom stereocenters. The van der Waals surface area contributed by atoms with Gasteiger partial charge in [0.25, 0.3) is 0 Å². The average Bonchev–Trinajstić information content (AvgIpc) is 3.38. The van der Waals surface area contributed by atoms with Crippen LogP contribution in [0, 0.1) is 5.92 Å². The predicted molar refractivity (Wildman–Crippen MR) is 312 cm³/mol. The van der Waals surface area contributed by atoms with Crippen molar-refractivity contribution in [3.8, 4) is 0 Å². The minimum absolute atomic E-state index is 0.0610. The van der Waals surface area contributed by atoms with Gasteiger partial charge in [-0.15, -0.1) is 0 Å². The van der Waals surface area contributed by atoms with Gasteiger partial charge in [-0.2, -0.15) is 0 Å². The summed E-state index contributed by atoms with van der Waals surface area (Å²) in [7, 11) is 0. The van der Waals surface area contributed by atoms with Crippen LogP contribution < -0.4 is 0 Å². The molecule has 0 spiro atoms. The molecule has 0 saturated carbocycles. The summed E-state index contributed by atoms with van der Waals surface area (Å²) in [5.41, 5.74) is 0. The number of carbonyl (C=O) groups excluding carboxylic acids is 3. The van der Waals surface area contributed by atoms with Gasteiger partial charge in [0.2, 0.25) is 0 Å². The van der Waals surface area contributed by atoms with Gasteiger partial charge in [0.1, 0.15) is 13.2 Å². The highest BCUT2D eigenvalue weighted by molar-refractivity contribution is 5.71. The molecular weight excluding hydrogens is 889 g/mol. The van der Waals surface area contributed by atoms with Gasteiger partial charge in [0.15, 0.2) is 6.10 Å². The van der Waals surface area contributed by atoms with Crippen LogP contribution in [0.15, 0.2) is 0 Å². The van der Waals surface area contributed by atoms with E-state index in [1.807, 2.05) is 0 Å². The normalized spacial score (nSPS) is 12.3. The van der Waals surface area contributed by atoms with Crippen LogP contribution in [0.5, 0.6) is 0 Å². The fraction of sp³-hybridized carbons (Fsp3) is 0.955. The van der Waals surface area contributed by atoms with Gasteiger partial charge in [0, 0.05) is 19.3 Å². The largest absolute Gasteiger partial charge is 0.462 e. The maximum absolute atomic E-state index is 12.9. The summed E-state index contributed by atoms with van der Waals surface area (Å²) in [6, 6.07) is 0. The number of esters is 3. The lowest BCUT2D eigenvalue weighted by Gasteiger charge is -2.18. The lowest BCUT2D eigenvalue weighted by Crippen LogP contribution is -2.30. The van der Waals surface area contributed by atoms with Crippen LogP contribution in [-0.2, 0) is 28.6 Å². The Kier molecular flexibility index (Phi) is 58.9. The van der Waals surface area contributed by atoms with Crippen molar-refractivity contribution >= 4 is 17.9 Å². The van der Waals surface area contributed by atoms with Crippen LogP contribution in [0.1, 0.15) is 381 Å². The minimum Gasteiger partial charge on any atom is -0.462 e. The molecule has 0 saturated heterocycles. The number of ether oxygens (including phenoxy) is 3. The first-order valence-corrected chi connectivity index (χ1v) is 32.9. The zero-order valence-electron chi connectivity index (χ0n) is 49.4. The standard InChI is InChI=1S/C66H128O6/c1-5-8-10-12-14-16-18-20-22-24-25-27-28-33-37-41-45-49-53-57-64(67)70-60-63(72-66(69)59-55-51-47-43-39-35-29-26-23-21-19-17-15-13-11-9-6-2)61-71-65(68)58-54-50-46-42-38-34-31-30-32-36-40-44-48-52-56-62(4)7-3/h62-63H,5-61H2,1-4H3/t62?,63-/m1/s1. The van der Waals surface area contributed by atoms with E-state index in [1.54, 1.807) is 0 Å². The monoisotopic (exact) mass is 1020 g/mol. The van der Waals surface area contributed by atoms with Crippen LogP contribution in [0.25, 0.3) is 0 Å². The second kappa shape index (κ2) is 60.3. The van der Waals surface area contributed by atoms with E-state index >= 15 is 0 Å². The van der Waals surface area contributed by atoms with E-state index in [0.29, 0.717) is 19.3 Å². The maximum Gasteiger partial charge on any atom is 0.306 e. The Morgan fingerprint density at radius 3 is 0.722 bits per heavy atom. The fourth-order valence-corrected chi connectivity index (χ4v) is 10.3. The first-order chi connectivity index (χ1) is 35.4. The van der Waals surface area contributed by atoms with Gasteiger partial charge < -0.3 is 14.2 Å². The first-order valence-electron chi connectivity index (χ1n) is 32.9. The zero-order valence-corrected chi connectivity index (χ0v) is 49.4. The van der Waals surface area contributed by atoms with Gasteiger partial charge in [-0.1, -0.05) is 342 Å². The molecule has 0 N–H and O–H groups in total. The van der Waals surface area contributed by atoms with Gasteiger partial charge in [-0.05, 0) is 25.2 Å². The average molecular weight is 1020 g/mol. The highest BCUT2D eigenvalue weighted by Gasteiger charge is 2.19. The molecule has 0 rings (SSSR count). The van der Waals surface area contributed by atoms with Gasteiger partial charge >= 0.3 is 17.9 Å². The Labute approximate surface area is 450 Å². The van der Waals surface area contributed by atoms with Gasteiger partial charge in [-0.3, -0.25) is 14.4 Å². The lowest BCUT2D eigenvalue weighted by atomic mass is 9.99. The number of unbranched alkanes of at least 4 members (excludes halogenated alkanes) is 47. The molecule has 428 valence electrons. The number of rotatable bonds is 61. The summed E-state index contributed by atoms with van der Waals surface area (Å²) in [5.74, 6) is 0.0705. The highest BCUT2D eigenvalue weighted by Crippen LogP contribution is 2.19. The lowest BCUT2D eigenvalue weighted by molar-refractivity contribution is -0.167. The quantitative estimate of drug-likeness (QED) is 0.0343. The molecule has 0 heterocycles. The van der Waals surface area contributed by atoms with Crippen molar-refractivity contribution in [1.29, 1.82) is 0 Å². The van der Waals surface area contributed by atoms with Gasteiger partial charge in [0.05, 0.1) is 0 Å². The molecule has 0 aliphatic rings. The molecule has 0 bridgehead atoms. The smallest absolute Gasteiger partial charge is 0.306 e. The molecule has 1 unspecified atom stereocenters. The topological polar surface area (TPSA) is 78.9 Å². The van der Waals surface area contributed by atoms with Crippen molar-refractivity contribution < 1.29 is 28.6 Å². The summed E-state index contributed by atoms with van der Waals surface area (Å²) in [6.07, 6.45) is 68.1. The van der Waals surface area contributed by atoms with Crippen LogP contribution in [-0.4, -0.2) is 37.2 Å². The fourth-order valence-electron chi connectivity index (χ4n) is 10.3. The highest BCUT2D eigenvalue weighted by atomic mass is 16.6. The third-order valence-electron chi connectivity index (χ3n) is 15.7. The third kappa shape index (κ3) is 57.7. The van der Waals surface area contributed by atoms with E-state index in [9.17, 15) is 14.4 Å². The van der Waals surface area contributed by atoms with Crippen LogP contribution in [0.3, 0.4) is 0 Å². The van der Waals surface area contributed by atoms with Crippen molar-refractivity contribution in [2.45, 2.75) is 387 Å². The molecule has 0 aromatic carbocycles. The summed E-state index contributed by atoms with van der Waals surface area (Å²) in [5, 5.41) is 0. The molecule has 6 nitrogen and oxygen atoms in total. The SMILES string of the molecule is CCCCCCCCCCCCCCCCCCCCCC(=O)OC[C@H](COC(=O)CCCCCCCCCCCCCCCCC(C)CC)OC(=O)CCCCCCCCCCCCCCCCCCC. The Bertz CT molecular complexity index is 1090. The Morgan fingerprint density at radius 1 is 0.278 bits per heavy atom. The number of hydrogen-bond donors (Lipinski definition) is 0. The summed E-state index contributed by atoms with van der Waals surface area (Å²) < 4.78 is 17.0. The van der Waals surface area contributed by atoms with Crippen molar-refractivity contribution in [2.75, 3.05) is 13.2 Å². The van der Waals surface area contributed by atoms with E-state index in [4.69, 9.17) is 14.2 Å². The third-order valence-corrected chi connectivity index (χ3v) is 15.7.